The molecule has 4 heterocycles. The van der Waals surface area contributed by atoms with Gasteiger partial charge in [0.1, 0.15) is 10.7 Å². The predicted molar refractivity (Wildman–Crippen MR) is 125 cm³/mol. The van der Waals surface area contributed by atoms with Crippen LogP contribution in [-0.2, 0) is 6.54 Å². The summed E-state index contributed by atoms with van der Waals surface area (Å²) in [6.45, 7) is 2.36. The molecule has 0 bridgehead atoms. The van der Waals surface area contributed by atoms with Gasteiger partial charge in [0.2, 0.25) is 0 Å². The second-order valence-electron chi connectivity index (χ2n) is 7.07. The highest BCUT2D eigenvalue weighted by Gasteiger charge is 2.21. The topological polar surface area (TPSA) is 71.6 Å². The van der Waals surface area contributed by atoms with Crippen molar-refractivity contribution < 1.29 is 0 Å². The third-order valence-corrected chi connectivity index (χ3v) is 6.98. The predicted octanol–water partition coefficient (Wildman–Crippen LogP) is 5.48. The Morgan fingerprint density at radius 2 is 1.97 bits per heavy atom. The van der Waals surface area contributed by atoms with E-state index in [0.29, 0.717) is 23.3 Å². The normalized spacial score (nSPS) is 11.0. The molecule has 0 saturated heterocycles. The molecule has 1 aromatic carbocycles. The fraction of sp³-hybridized carbons (Fsp3) is 0.0833. The van der Waals surface area contributed by atoms with Crippen molar-refractivity contribution in [2.24, 2.45) is 0 Å². The number of thiophene rings is 2. The maximum Gasteiger partial charge on any atom is 0.263 e. The first-order chi connectivity index (χ1) is 15.2. The quantitative estimate of drug-likeness (QED) is 0.371. The van der Waals surface area contributed by atoms with Crippen LogP contribution < -0.4 is 5.56 Å². The van der Waals surface area contributed by atoms with Crippen molar-refractivity contribution in [3.63, 3.8) is 0 Å². The molecule has 0 aliphatic heterocycles. The maximum absolute atomic E-state index is 13.9. The highest BCUT2D eigenvalue weighted by atomic mass is 32.1. The molecule has 0 N–H and O–H groups in total. The van der Waals surface area contributed by atoms with E-state index in [4.69, 9.17) is 4.98 Å². The lowest BCUT2D eigenvalue weighted by Crippen LogP contribution is -2.24. The molecule has 0 atom stereocenters. The van der Waals surface area contributed by atoms with Crippen LogP contribution in [0.25, 0.3) is 32.0 Å². The lowest BCUT2D eigenvalue weighted by molar-refractivity contribution is 0.760. The van der Waals surface area contributed by atoms with Gasteiger partial charge in [-0.25, -0.2) is 4.98 Å². The Morgan fingerprint density at radius 1 is 1.13 bits per heavy atom. The van der Waals surface area contributed by atoms with E-state index >= 15 is 0 Å². The third kappa shape index (κ3) is 3.46. The van der Waals surface area contributed by atoms with Crippen LogP contribution in [0.15, 0.2) is 71.1 Å². The van der Waals surface area contributed by atoms with Crippen molar-refractivity contribution in [3.05, 3.63) is 92.7 Å². The molecule has 5 aromatic rings. The second kappa shape index (κ2) is 7.91. The van der Waals surface area contributed by atoms with Crippen LogP contribution in [-0.4, -0.2) is 14.5 Å². The number of nitrogens with zero attached hydrogens (tertiary/aromatic N) is 4. The molecule has 7 heteroatoms. The van der Waals surface area contributed by atoms with Crippen molar-refractivity contribution in [2.45, 2.75) is 13.5 Å². The summed E-state index contributed by atoms with van der Waals surface area (Å²) in [5, 5.41) is 11.9. The van der Waals surface area contributed by atoms with Gasteiger partial charge in [-0.3, -0.25) is 14.3 Å². The Labute approximate surface area is 186 Å². The number of nitriles is 1. The summed E-state index contributed by atoms with van der Waals surface area (Å²) in [5.41, 5.74) is 3.16. The molecule has 0 unspecified atom stereocenters. The average Bonchev–Trinajstić information content (AvgIpc) is 3.43. The van der Waals surface area contributed by atoms with Gasteiger partial charge >= 0.3 is 0 Å². The number of aryl methyl sites for hydroxylation is 1. The van der Waals surface area contributed by atoms with Gasteiger partial charge in [-0.1, -0.05) is 18.2 Å². The molecule has 4 aromatic heterocycles. The summed E-state index contributed by atoms with van der Waals surface area (Å²) in [7, 11) is 0. The van der Waals surface area contributed by atoms with Crippen molar-refractivity contribution in [2.75, 3.05) is 0 Å². The molecule has 0 saturated carbocycles. The summed E-state index contributed by atoms with van der Waals surface area (Å²) in [6, 6.07) is 17.2. The number of fused-ring (bicyclic) bond motifs is 1. The number of rotatable bonds is 4. The Balaban J connectivity index is 1.80. The van der Waals surface area contributed by atoms with Crippen molar-refractivity contribution in [1.82, 2.24) is 14.5 Å². The molecule has 0 aliphatic rings. The van der Waals surface area contributed by atoms with Gasteiger partial charge in [-0.2, -0.15) is 5.26 Å². The van der Waals surface area contributed by atoms with E-state index in [1.54, 1.807) is 45.7 Å². The smallest absolute Gasteiger partial charge is 0.263 e. The van der Waals surface area contributed by atoms with Crippen molar-refractivity contribution in [3.8, 4) is 27.9 Å². The molecule has 0 aliphatic carbocycles. The number of pyridine rings is 1. The van der Waals surface area contributed by atoms with Gasteiger partial charge in [0.25, 0.3) is 5.56 Å². The zero-order valence-corrected chi connectivity index (χ0v) is 18.2. The molecular weight excluding hydrogens is 424 g/mol. The van der Waals surface area contributed by atoms with E-state index in [1.807, 2.05) is 54.8 Å². The van der Waals surface area contributed by atoms with E-state index in [-0.39, 0.29) is 5.56 Å². The zero-order valence-electron chi connectivity index (χ0n) is 16.6. The Kier molecular flexibility index (Phi) is 4.94. The van der Waals surface area contributed by atoms with Crippen LogP contribution >= 0.6 is 22.7 Å². The Morgan fingerprint density at radius 3 is 2.71 bits per heavy atom. The molecular formula is C24H16N4OS2. The monoisotopic (exact) mass is 440 g/mol. The van der Waals surface area contributed by atoms with Crippen LogP contribution in [0.5, 0.6) is 0 Å². The van der Waals surface area contributed by atoms with Gasteiger partial charge in [0.15, 0.2) is 0 Å². The van der Waals surface area contributed by atoms with Crippen LogP contribution in [0.1, 0.15) is 16.0 Å². The fourth-order valence-electron chi connectivity index (χ4n) is 3.70. The standard InChI is InChI=1S/C24H16N4OS2/c1-15-20(19-6-3-11-30-19)21-23(31-15)27-22(18-7-9-26-10-8-18)28(24(21)29)14-17-5-2-4-16(12-17)13-25/h2-12H,14H2,1H3. The van der Waals surface area contributed by atoms with Crippen LogP contribution in [0.3, 0.4) is 0 Å². The lowest BCUT2D eigenvalue weighted by atomic mass is 10.1. The second-order valence-corrected chi connectivity index (χ2v) is 9.22. The van der Waals surface area contributed by atoms with Crippen LogP contribution in [0, 0.1) is 18.3 Å². The molecule has 5 nitrogen and oxygen atoms in total. The first-order valence-corrected chi connectivity index (χ1v) is 11.3. The minimum atomic E-state index is -0.0769. The summed E-state index contributed by atoms with van der Waals surface area (Å²) in [6.07, 6.45) is 3.39. The lowest BCUT2D eigenvalue weighted by Gasteiger charge is -2.13. The summed E-state index contributed by atoms with van der Waals surface area (Å²) < 4.78 is 1.71. The molecule has 150 valence electrons. The van der Waals surface area contributed by atoms with Gasteiger partial charge < -0.3 is 0 Å². The molecule has 0 spiro atoms. The number of benzene rings is 1. The van der Waals surface area contributed by atoms with E-state index in [9.17, 15) is 10.1 Å². The zero-order chi connectivity index (χ0) is 21.4. The minimum absolute atomic E-state index is 0.0769. The largest absolute Gasteiger partial charge is 0.288 e. The Hall–Kier alpha value is -3.60. The SMILES string of the molecule is Cc1sc2nc(-c3ccncc3)n(Cc3cccc(C#N)c3)c(=O)c2c1-c1cccs1. The van der Waals surface area contributed by atoms with Gasteiger partial charge in [0, 0.05) is 33.3 Å². The van der Waals surface area contributed by atoms with Crippen LogP contribution in [0.2, 0.25) is 0 Å². The van der Waals surface area contributed by atoms with Crippen molar-refractivity contribution >= 4 is 32.9 Å². The molecule has 0 radical (unpaired) electrons. The van der Waals surface area contributed by atoms with E-state index in [2.05, 4.69) is 11.1 Å². The highest BCUT2D eigenvalue weighted by Crippen LogP contribution is 2.38. The first-order valence-electron chi connectivity index (χ1n) is 9.63. The summed E-state index contributed by atoms with van der Waals surface area (Å²) in [5.74, 6) is 0.598. The number of aromatic nitrogens is 3. The van der Waals surface area contributed by atoms with Gasteiger partial charge in [-0.15, -0.1) is 22.7 Å². The number of hydrogen-bond acceptors (Lipinski definition) is 6. The van der Waals surface area contributed by atoms with Crippen LogP contribution in [0.4, 0.5) is 0 Å². The van der Waals surface area contributed by atoms with E-state index < -0.39 is 0 Å². The first kappa shape index (κ1) is 19.4. The summed E-state index contributed by atoms with van der Waals surface area (Å²) in [4.78, 5) is 25.8. The maximum atomic E-state index is 13.9. The van der Waals surface area contributed by atoms with Crippen molar-refractivity contribution in [1.29, 1.82) is 5.26 Å². The third-order valence-electron chi connectivity index (χ3n) is 5.09. The number of hydrogen-bond donors (Lipinski definition) is 0. The van der Waals surface area contributed by atoms with E-state index in [1.165, 1.54) is 0 Å². The molecule has 5 rings (SSSR count). The molecule has 31 heavy (non-hydrogen) atoms. The summed E-state index contributed by atoms with van der Waals surface area (Å²) >= 11 is 3.16. The van der Waals surface area contributed by atoms with Gasteiger partial charge in [-0.05, 0) is 48.2 Å². The van der Waals surface area contributed by atoms with Gasteiger partial charge in [0.05, 0.1) is 23.6 Å². The molecule has 0 amide bonds. The van der Waals surface area contributed by atoms with E-state index in [0.717, 1.165) is 31.3 Å². The Bertz CT molecular complexity index is 1490. The molecule has 0 fully saturated rings. The minimum Gasteiger partial charge on any atom is -0.288 e. The average molecular weight is 441 g/mol. The highest BCUT2D eigenvalue weighted by molar-refractivity contribution is 7.20. The fourth-order valence-corrected chi connectivity index (χ4v) is 5.63.